The van der Waals surface area contributed by atoms with Crippen LogP contribution in [0.2, 0.25) is 0 Å². The molecule has 0 bridgehead atoms. The second kappa shape index (κ2) is 11.7. The van der Waals surface area contributed by atoms with E-state index in [1.807, 2.05) is 68.3 Å². The van der Waals surface area contributed by atoms with Crippen LogP contribution in [-0.4, -0.2) is 47.9 Å². The first-order chi connectivity index (χ1) is 17.7. The molecule has 1 aromatic rings. The molecule has 1 aliphatic heterocycles. The lowest BCUT2D eigenvalue weighted by molar-refractivity contribution is -0.141. The molecule has 37 heavy (non-hydrogen) atoms. The predicted octanol–water partition coefficient (Wildman–Crippen LogP) is 5.95. The minimum Gasteiger partial charge on any atom is -0.462 e. The van der Waals surface area contributed by atoms with Crippen LogP contribution in [0.4, 0.5) is 10.5 Å². The molecule has 1 heterocycles. The van der Waals surface area contributed by atoms with E-state index in [-0.39, 0.29) is 23.4 Å². The van der Waals surface area contributed by atoms with Crippen molar-refractivity contribution in [2.24, 2.45) is 5.41 Å². The van der Waals surface area contributed by atoms with E-state index in [9.17, 15) is 9.59 Å². The molecular formula is C30H40N4O3. The van der Waals surface area contributed by atoms with Crippen LogP contribution in [0, 0.1) is 5.41 Å². The largest absolute Gasteiger partial charge is 0.462 e. The molecular weight excluding hydrogens is 464 g/mol. The van der Waals surface area contributed by atoms with Crippen molar-refractivity contribution in [3.05, 3.63) is 71.8 Å². The Labute approximate surface area is 220 Å². The lowest BCUT2D eigenvalue weighted by Gasteiger charge is -2.33. The molecule has 198 valence electrons. The highest BCUT2D eigenvalue weighted by Crippen LogP contribution is 2.29. The molecule has 7 heteroatoms. The number of ether oxygens (including phenoxy) is 1. The molecule has 0 aromatic heterocycles. The number of rotatable bonds is 8. The maximum absolute atomic E-state index is 12.9. The fraction of sp³-hybridized carbons (Fsp3) is 0.467. The zero-order valence-corrected chi connectivity index (χ0v) is 22.5. The standard InChI is InChI=1S/C30H40N4O3/c1-5-30(2,3)28(35)33(4)25-19-20-34(21-25)24-15-11-22(12-16-24)31-29(36)32-23-13-17-27(18-14-23)37-26-9-7-6-8-10-26/h6-7,9,11,13-15,17-18,25H,5,8,10,12,16,19-21H2,1-4H3,(H2,31,32,36). The van der Waals surface area contributed by atoms with Gasteiger partial charge in [-0.15, -0.1) is 0 Å². The van der Waals surface area contributed by atoms with Gasteiger partial charge in [0, 0.05) is 49.1 Å². The Hall–Kier alpha value is -3.48. The molecule has 1 unspecified atom stereocenters. The lowest BCUT2D eigenvalue weighted by atomic mass is 9.88. The van der Waals surface area contributed by atoms with Crippen molar-refractivity contribution in [2.75, 3.05) is 25.5 Å². The van der Waals surface area contributed by atoms with Crippen LogP contribution in [0.25, 0.3) is 0 Å². The van der Waals surface area contributed by atoms with Gasteiger partial charge < -0.3 is 25.2 Å². The van der Waals surface area contributed by atoms with Crippen LogP contribution >= 0.6 is 0 Å². The van der Waals surface area contributed by atoms with Crippen molar-refractivity contribution in [1.29, 1.82) is 0 Å². The van der Waals surface area contributed by atoms with Crippen LogP contribution in [0.5, 0.6) is 5.75 Å². The highest BCUT2D eigenvalue weighted by atomic mass is 16.5. The maximum Gasteiger partial charge on any atom is 0.323 e. The number of carbonyl (C=O) groups excluding carboxylic acids is 2. The summed E-state index contributed by atoms with van der Waals surface area (Å²) in [5.41, 5.74) is 2.55. The van der Waals surface area contributed by atoms with E-state index in [0.29, 0.717) is 5.69 Å². The fourth-order valence-electron chi connectivity index (χ4n) is 4.84. The van der Waals surface area contributed by atoms with Crippen molar-refractivity contribution in [1.82, 2.24) is 15.1 Å². The normalized spacial score (nSPS) is 19.5. The van der Waals surface area contributed by atoms with Crippen LogP contribution in [0.1, 0.15) is 59.3 Å². The summed E-state index contributed by atoms with van der Waals surface area (Å²) >= 11 is 0. The summed E-state index contributed by atoms with van der Waals surface area (Å²) in [4.78, 5) is 29.7. The van der Waals surface area contributed by atoms with E-state index in [4.69, 9.17) is 4.74 Å². The molecule has 0 radical (unpaired) electrons. The maximum atomic E-state index is 12.9. The topological polar surface area (TPSA) is 73.9 Å². The van der Waals surface area contributed by atoms with Gasteiger partial charge in [0.25, 0.3) is 0 Å². The Balaban J connectivity index is 1.25. The van der Waals surface area contributed by atoms with Gasteiger partial charge in [-0.25, -0.2) is 4.79 Å². The van der Waals surface area contributed by atoms with Gasteiger partial charge in [0.05, 0.1) is 6.04 Å². The summed E-state index contributed by atoms with van der Waals surface area (Å²) in [5.74, 6) is 1.93. The van der Waals surface area contributed by atoms with Gasteiger partial charge in [0.15, 0.2) is 0 Å². The van der Waals surface area contributed by atoms with E-state index < -0.39 is 0 Å². The van der Waals surface area contributed by atoms with Crippen molar-refractivity contribution in [3.8, 4) is 5.75 Å². The van der Waals surface area contributed by atoms with Gasteiger partial charge in [0.1, 0.15) is 11.5 Å². The van der Waals surface area contributed by atoms with Crippen molar-refractivity contribution in [2.45, 2.75) is 65.3 Å². The Morgan fingerprint density at radius 2 is 1.86 bits per heavy atom. The van der Waals surface area contributed by atoms with E-state index in [0.717, 1.165) is 68.8 Å². The van der Waals surface area contributed by atoms with Crippen LogP contribution in [-0.2, 0) is 4.79 Å². The van der Waals surface area contributed by atoms with Gasteiger partial charge in [-0.05, 0) is 74.6 Å². The van der Waals surface area contributed by atoms with E-state index in [2.05, 4.69) is 34.6 Å². The fourth-order valence-corrected chi connectivity index (χ4v) is 4.84. The molecule has 1 aromatic carbocycles. The van der Waals surface area contributed by atoms with Crippen LogP contribution in [0.3, 0.4) is 0 Å². The first-order valence-electron chi connectivity index (χ1n) is 13.4. The number of nitrogens with one attached hydrogen (secondary N) is 2. The Kier molecular flexibility index (Phi) is 8.41. The first-order valence-corrected chi connectivity index (χ1v) is 13.4. The monoisotopic (exact) mass is 504 g/mol. The van der Waals surface area contributed by atoms with E-state index in [1.165, 1.54) is 5.70 Å². The third kappa shape index (κ3) is 6.85. The number of hydrogen-bond donors (Lipinski definition) is 2. The SMILES string of the molecule is CCC(C)(C)C(=O)N(C)C1CCN(C2=CC=C(NC(=O)Nc3ccc(OC4=CC=CCC4)cc3)CC2)C1. The van der Waals surface area contributed by atoms with E-state index in [1.54, 1.807) is 0 Å². The molecule has 3 amide bonds. The number of nitrogens with zero attached hydrogens (tertiary/aromatic N) is 2. The molecule has 4 rings (SSSR count). The number of benzene rings is 1. The second-order valence-corrected chi connectivity index (χ2v) is 10.7. The minimum absolute atomic E-state index is 0.220. The molecule has 2 N–H and O–H groups in total. The van der Waals surface area contributed by atoms with E-state index >= 15 is 0 Å². The number of likely N-dealkylation sites (N-methyl/N-ethyl adjacent to an activating group) is 1. The molecule has 1 atom stereocenters. The highest BCUT2D eigenvalue weighted by molar-refractivity contribution is 5.90. The van der Waals surface area contributed by atoms with Gasteiger partial charge in [0.2, 0.25) is 5.91 Å². The van der Waals surface area contributed by atoms with Gasteiger partial charge >= 0.3 is 6.03 Å². The quantitative estimate of drug-likeness (QED) is 0.459. The smallest absolute Gasteiger partial charge is 0.323 e. The van der Waals surface area contributed by atoms with Crippen LogP contribution in [0.15, 0.2) is 71.8 Å². The number of anilines is 1. The molecule has 1 saturated heterocycles. The number of allylic oxidation sites excluding steroid dienone is 8. The van der Waals surface area contributed by atoms with Crippen molar-refractivity contribution < 1.29 is 14.3 Å². The van der Waals surface area contributed by atoms with Gasteiger partial charge in [-0.1, -0.05) is 32.9 Å². The van der Waals surface area contributed by atoms with Crippen molar-refractivity contribution in [3.63, 3.8) is 0 Å². The Bertz CT molecular complexity index is 1110. The number of hydrogen-bond acceptors (Lipinski definition) is 4. The summed E-state index contributed by atoms with van der Waals surface area (Å²) in [6.45, 7) is 7.92. The molecule has 1 fully saturated rings. The summed E-state index contributed by atoms with van der Waals surface area (Å²) in [5, 5.41) is 5.86. The summed E-state index contributed by atoms with van der Waals surface area (Å²) < 4.78 is 5.88. The van der Waals surface area contributed by atoms with Gasteiger partial charge in [-0.2, -0.15) is 0 Å². The number of carbonyl (C=O) groups is 2. The van der Waals surface area contributed by atoms with Crippen molar-refractivity contribution >= 4 is 17.6 Å². The highest BCUT2D eigenvalue weighted by Gasteiger charge is 2.35. The second-order valence-electron chi connectivity index (χ2n) is 10.7. The minimum atomic E-state index is -0.323. The summed E-state index contributed by atoms with van der Waals surface area (Å²) in [6, 6.07) is 7.39. The lowest BCUT2D eigenvalue weighted by Crippen LogP contribution is -2.45. The third-order valence-electron chi connectivity index (χ3n) is 7.64. The third-order valence-corrected chi connectivity index (χ3v) is 7.64. The summed E-state index contributed by atoms with van der Waals surface area (Å²) in [7, 11) is 1.94. The number of urea groups is 1. The molecule has 3 aliphatic rings. The average molecular weight is 505 g/mol. The molecule has 0 saturated carbocycles. The number of likely N-dealkylation sites (tertiary alicyclic amines) is 1. The van der Waals surface area contributed by atoms with Crippen LogP contribution < -0.4 is 15.4 Å². The molecule has 2 aliphatic carbocycles. The Morgan fingerprint density at radius 3 is 2.51 bits per heavy atom. The first kappa shape index (κ1) is 26.6. The predicted molar refractivity (Wildman–Crippen MR) is 148 cm³/mol. The van der Waals surface area contributed by atoms with Gasteiger partial charge in [-0.3, -0.25) is 4.79 Å². The number of amides is 3. The Morgan fingerprint density at radius 1 is 1.08 bits per heavy atom. The molecule has 0 spiro atoms. The average Bonchev–Trinajstić information content (AvgIpc) is 3.40. The molecule has 7 nitrogen and oxygen atoms in total. The zero-order chi connectivity index (χ0) is 26.4. The zero-order valence-electron chi connectivity index (χ0n) is 22.5. The summed E-state index contributed by atoms with van der Waals surface area (Å²) in [6.07, 6.45) is 15.6.